The van der Waals surface area contributed by atoms with E-state index in [9.17, 15) is 14.7 Å². The first-order chi connectivity index (χ1) is 12.1. The molecule has 1 aliphatic rings. The van der Waals surface area contributed by atoms with Crippen LogP contribution >= 0.6 is 0 Å². The zero-order valence-corrected chi connectivity index (χ0v) is 15.6. The summed E-state index contributed by atoms with van der Waals surface area (Å²) in [6.45, 7) is 8.62. The first kappa shape index (κ1) is 18.2. The van der Waals surface area contributed by atoms with Gasteiger partial charge in [0.05, 0.1) is 12.0 Å². The van der Waals surface area contributed by atoms with E-state index >= 15 is 0 Å². The highest BCUT2D eigenvalue weighted by molar-refractivity contribution is 5.93. The summed E-state index contributed by atoms with van der Waals surface area (Å²) < 4.78 is 1.57. The molecular weight excluding hydrogens is 334 g/mol. The van der Waals surface area contributed by atoms with Crippen LogP contribution in [-0.4, -0.2) is 54.7 Å². The number of hydrogen-bond acceptors (Lipinski definition) is 4. The number of rotatable bonds is 3. The smallest absolute Gasteiger partial charge is 0.331 e. The molecule has 1 aliphatic heterocycles. The summed E-state index contributed by atoms with van der Waals surface area (Å²) in [6.07, 6.45) is 3.85. The fourth-order valence-electron chi connectivity index (χ4n) is 3.31. The highest BCUT2D eigenvalue weighted by Gasteiger charge is 2.45. The molecule has 2 aromatic heterocycles. The van der Waals surface area contributed by atoms with Gasteiger partial charge < -0.3 is 15.0 Å². The van der Waals surface area contributed by atoms with E-state index < -0.39 is 11.5 Å². The van der Waals surface area contributed by atoms with Crippen molar-refractivity contribution >= 4 is 11.9 Å². The summed E-state index contributed by atoms with van der Waals surface area (Å²) in [5, 5.41) is 14.5. The summed E-state index contributed by atoms with van der Waals surface area (Å²) >= 11 is 0. The van der Waals surface area contributed by atoms with Gasteiger partial charge in [-0.3, -0.25) is 9.48 Å². The van der Waals surface area contributed by atoms with Gasteiger partial charge in [0.15, 0.2) is 5.54 Å². The van der Waals surface area contributed by atoms with Gasteiger partial charge in [0, 0.05) is 43.2 Å². The van der Waals surface area contributed by atoms with Crippen molar-refractivity contribution in [3.8, 4) is 0 Å². The Morgan fingerprint density at radius 2 is 1.92 bits per heavy atom. The quantitative estimate of drug-likeness (QED) is 0.871. The van der Waals surface area contributed by atoms with Crippen LogP contribution in [0.5, 0.6) is 0 Å². The maximum atomic E-state index is 12.6. The lowest BCUT2D eigenvalue weighted by Gasteiger charge is -2.38. The van der Waals surface area contributed by atoms with E-state index in [4.69, 9.17) is 0 Å². The number of imidazole rings is 1. The van der Waals surface area contributed by atoms with Crippen molar-refractivity contribution < 1.29 is 14.7 Å². The number of aromatic nitrogens is 4. The van der Waals surface area contributed by atoms with Gasteiger partial charge in [-0.2, -0.15) is 5.10 Å². The molecule has 2 aromatic rings. The number of amides is 1. The van der Waals surface area contributed by atoms with Crippen LogP contribution in [0.25, 0.3) is 0 Å². The third-order valence-corrected chi connectivity index (χ3v) is 5.10. The Hall–Kier alpha value is -2.64. The molecule has 0 saturated carbocycles. The molecule has 8 nitrogen and oxygen atoms in total. The van der Waals surface area contributed by atoms with Crippen LogP contribution in [0, 0.1) is 6.92 Å². The molecule has 3 rings (SSSR count). The SMILES string of the molecule is Cc1[nH]cnc1C(=O)N1CCC(C(=O)O)(n2ccc(C(C)(C)C)n2)CC1. The molecule has 0 spiro atoms. The average molecular weight is 359 g/mol. The predicted octanol–water partition coefficient (Wildman–Crippen LogP) is 1.93. The third-order valence-electron chi connectivity index (χ3n) is 5.10. The molecule has 8 heteroatoms. The van der Waals surface area contributed by atoms with Gasteiger partial charge in [-0.1, -0.05) is 20.8 Å². The molecule has 1 amide bonds. The van der Waals surface area contributed by atoms with E-state index in [0.717, 1.165) is 5.69 Å². The normalized spacial score (nSPS) is 17.3. The van der Waals surface area contributed by atoms with E-state index in [0.29, 0.717) is 37.3 Å². The van der Waals surface area contributed by atoms with Gasteiger partial charge in [0.2, 0.25) is 0 Å². The summed E-state index contributed by atoms with van der Waals surface area (Å²) in [4.78, 5) is 33.4. The fraction of sp³-hybridized carbons (Fsp3) is 0.556. The molecule has 0 aromatic carbocycles. The highest BCUT2D eigenvalue weighted by Crippen LogP contribution is 2.32. The molecule has 2 N–H and O–H groups in total. The van der Waals surface area contributed by atoms with Crippen LogP contribution in [0.4, 0.5) is 0 Å². The molecule has 1 fully saturated rings. The third kappa shape index (κ3) is 3.00. The first-order valence-electron chi connectivity index (χ1n) is 8.74. The number of aliphatic carboxylic acids is 1. The number of aryl methyl sites for hydroxylation is 1. The van der Waals surface area contributed by atoms with Gasteiger partial charge in [0.1, 0.15) is 5.69 Å². The molecule has 0 unspecified atom stereocenters. The number of nitrogens with one attached hydrogen (secondary N) is 1. The molecule has 1 saturated heterocycles. The maximum Gasteiger partial charge on any atom is 0.331 e. The van der Waals surface area contributed by atoms with Crippen LogP contribution in [0.3, 0.4) is 0 Å². The number of likely N-dealkylation sites (tertiary alicyclic amines) is 1. The van der Waals surface area contributed by atoms with Crippen LogP contribution < -0.4 is 0 Å². The van der Waals surface area contributed by atoms with Gasteiger partial charge in [-0.25, -0.2) is 9.78 Å². The lowest BCUT2D eigenvalue weighted by atomic mass is 9.87. The number of carbonyl (C=O) groups is 2. The summed E-state index contributed by atoms with van der Waals surface area (Å²) in [5.41, 5.74) is 0.678. The Morgan fingerprint density at radius 1 is 1.27 bits per heavy atom. The molecule has 0 atom stereocenters. The van der Waals surface area contributed by atoms with E-state index in [1.807, 2.05) is 26.8 Å². The second-order valence-electron chi connectivity index (χ2n) is 7.90. The van der Waals surface area contributed by atoms with Crippen molar-refractivity contribution in [1.82, 2.24) is 24.6 Å². The van der Waals surface area contributed by atoms with Gasteiger partial charge in [-0.05, 0) is 13.0 Å². The molecule has 0 aliphatic carbocycles. The minimum atomic E-state index is -1.12. The second-order valence-corrected chi connectivity index (χ2v) is 7.90. The largest absolute Gasteiger partial charge is 0.479 e. The zero-order chi connectivity index (χ0) is 19.1. The number of piperidine rings is 1. The van der Waals surface area contributed by atoms with E-state index in [1.165, 1.54) is 6.33 Å². The number of carbonyl (C=O) groups excluding carboxylic acids is 1. The Labute approximate surface area is 152 Å². The Morgan fingerprint density at radius 3 is 2.38 bits per heavy atom. The van der Waals surface area contributed by atoms with Crippen molar-refractivity contribution in [1.29, 1.82) is 0 Å². The van der Waals surface area contributed by atoms with Gasteiger partial charge in [0.25, 0.3) is 5.91 Å². The molecule has 26 heavy (non-hydrogen) atoms. The summed E-state index contributed by atoms with van der Waals surface area (Å²) in [6, 6.07) is 1.87. The van der Waals surface area contributed by atoms with Crippen molar-refractivity contribution in [3.63, 3.8) is 0 Å². The number of hydrogen-bond donors (Lipinski definition) is 2. The average Bonchev–Trinajstić information content (AvgIpc) is 3.23. The molecule has 140 valence electrons. The predicted molar refractivity (Wildman–Crippen MR) is 95.0 cm³/mol. The van der Waals surface area contributed by atoms with Crippen molar-refractivity contribution in [3.05, 3.63) is 35.7 Å². The number of H-pyrrole nitrogens is 1. The van der Waals surface area contributed by atoms with Crippen LogP contribution in [0.15, 0.2) is 18.6 Å². The number of nitrogens with zero attached hydrogens (tertiary/aromatic N) is 4. The summed E-state index contributed by atoms with van der Waals surface area (Å²) in [7, 11) is 0. The molecular formula is C18H25N5O3. The first-order valence-corrected chi connectivity index (χ1v) is 8.74. The molecule has 0 radical (unpaired) electrons. The van der Waals surface area contributed by atoms with Crippen molar-refractivity contribution in [2.24, 2.45) is 0 Å². The van der Waals surface area contributed by atoms with Crippen LogP contribution in [0.1, 0.15) is 55.5 Å². The summed E-state index contributed by atoms with van der Waals surface area (Å²) in [5.74, 6) is -1.08. The lowest BCUT2D eigenvalue weighted by Crippen LogP contribution is -2.52. The van der Waals surface area contributed by atoms with E-state index in [-0.39, 0.29) is 11.3 Å². The van der Waals surface area contributed by atoms with E-state index in [1.54, 1.807) is 22.7 Å². The van der Waals surface area contributed by atoms with Crippen molar-refractivity contribution in [2.45, 2.75) is 51.5 Å². The van der Waals surface area contributed by atoms with Crippen LogP contribution in [0.2, 0.25) is 0 Å². The lowest BCUT2D eigenvalue weighted by molar-refractivity contribution is -0.150. The van der Waals surface area contributed by atoms with Gasteiger partial charge in [-0.15, -0.1) is 0 Å². The standard InChI is InChI=1S/C18H25N5O3/c1-12-14(20-11-19-12)15(24)22-9-6-18(7-10-22,16(25)26)23-8-5-13(21-23)17(2,3)4/h5,8,11H,6-7,9-10H2,1-4H3,(H,19,20)(H,25,26). The van der Waals surface area contributed by atoms with Gasteiger partial charge >= 0.3 is 5.97 Å². The maximum absolute atomic E-state index is 12.6. The number of carboxylic acids is 1. The fourth-order valence-corrected chi connectivity index (χ4v) is 3.31. The topological polar surface area (TPSA) is 104 Å². The molecule has 3 heterocycles. The monoisotopic (exact) mass is 359 g/mol. The molecule has 0 bridgehead atoms. The second kappa shape index (κ2) is 6.26. The Kier molecular flexibility index (Phi) is 4.37. The zero-order valence-electron chi connectivity index (χ0n) is 15.6. The minimum absolute atomic E-state index is 0.154. The highest BCUT2D eigenvalue weighted by atomic mass is 16.4. The Bertz CT molecular complexity index is 822. The minimum Gasteiger partial charge on any atom is -0.479 e. The van der Waals surface area contributed by atoms with Crippen molar-refractivity contribution in [2.75, 3.05) is 13.1 Å². The van der Waals surface area contributed by atoms with Crippen LogP contribution in [-0.2, 0) is 15.7 Å². The number of carboxylic acid groups (broad SMARTS) is 1. The van der Waals surface area contributed by atoms with E-state index in [2.05, 4.69) is 15.1 Å². The Balaban J connectivity index is 1.81. The number of aromatic amines is 1.